The summed E-state index contributed by atoms with van der Waals surface area (Å²) >= 11 is 0. The van der Waals surface area contributed by atoms with Gasteiger partial charge in [0, 0.05) is 17.6 Å². The quantitative estimate of drug-likeness (QED) is 0.849. The zero-order valence-electron chi connectivity index (χ0n) is 15.9. The van der Waals surface area contributed by atoms with Gasteiger partial charge in [0.05, 0.1) is 16.3 Å². The third-order valence-corrected chi connectivity index (χ3v) is 7.18. The van der Waals surface area contributed by atoms with Gasteiger partial charge in [0.25, 0.3) is 10.0 Å². The first-order valence-electron chi connectivity index (χ1n) is 9.56. The van der Waals surface area contributed by atoms with Crippen molar-refractivity contribution in [3.8, 4) is 0 Å². The van der Waals surface area contributed by atoms with E-state index in [2.05, 4.69) is 37.4 Å². The topological polar surface area (TPSA) is 49.4 Å². The largest absolute Gasteiger partial charge is 0.378 e. The van der Waals surface area contributed by atoms with Crippen molar-refractivity contribution in [1.82, 2.24) is 9.62 Å². The summed E-state index contributed by atoms with van der Waals surface area (Å²) in [6, 6.07) is 17.1. The second-order valence-corrected chi connectivity index (χ2v) is 9.87. The number of hydrogen-bond acceptors (Lipinski definition) is 3. The highest BCUT2D eigenvalue weighted by molar-refractivity contribution is 7.89. The lowest BCUT2D eigenvalue weighted by Gasteiger charge is -2.40. The third-order valence-electron chi connectivity index (χ3n) is 5.33. The van der Waals surface area contributed by atoms with E-state index in [-0.39, 0.29) is 5.54 Å². The van der Waals surface area contributed by atoms with Crippen LogP contribution in [-0.2, 0) is 16.4 Å². The van der Waals surface area contributed by atoms with Crippen LogP contribution in [-0.4, -0.2) is 24.8 Å². The number of nitrogens with one attached hydrogen (secondary N) is 1. The van der Waals surface area contributed by atoms with Gasteiger partial charge in [-0.15, -0.1) is 0 Å². The van der Waals surface area contributed by atoms with E-state index in [0.717, 1.165) is 42.6 Å². The predicted octanol–water partition coefficient (Wildman–Crippen LogP) is 4.15. The predicted molar refractivity (Wildman–Crippen MR) is 108 cm³/mol. The molecule has 1 N–H and O–H groups in total. The number of allylic oxidation sites excluding steroid dienone is 1. The van der Waals surface area contributed by atoms with Crippen LogP contribution in [0.25, 0.3) is 5.70 Å². The van der Waals surface area contributed by atoms with Gasteiger partial charge in [-0.05, 0) is 57.2 Å². The minimum atomic E-state index is -3.56. The fourth-order valence-corrected chi connectivity index (χ4v) is 5.71. The maximum atomic E-state index is 13.4. The van der Waals surface area contributed by atoms with Crippen molar-refractivity contribution < 1.29 is 8.42 Å². The lowest BCUT2D eigenvalue weighted by atomic mass is 9.85. The molecule has 142 valence electrons. The van der Waals surface area contributed by atoms with Crippen LogP contribution in [0.2, 0.25) is 0 Å². The van der Waals surface area contributed by atoms with Crippen molar-refractivity contribution in [1.29, 1.82) is 0 Å². The lowest BCUT2D eigenvalue weighted by Crippen LogP contribution is -2.46. The second kappa shape index (κ2) is 6.71. The molecule has 0 bridgehead atoms. The Morgan fingerprint density at radius 2 is 1.67 bits per heavy atom. The van der Waals surface area contributed by atoms with Gasteiger partial charge in [0.1, 0.15) is 0 Å². The molecule has 27 heavy (non-hydrogen) atoms. The first kappa shape index (κ1) is 18.1. The Morgan fingerprint density at radius 3 is 2.44 bits per heavy atom. The summed E-state index contributed by atoms with van der Waals surface area (Å²) in [6.07, 6.45) is 3.57. The monoisotopic (exact) mass is 382 g/mol. The Morgan fingerprint density at radius 1 is 0.963 bits per heavy atom. The molecule has 2 aromatic carbocycles. The van der Waals surface area contributed by atoms with Gasteiger partial charge in [0.15, 0.2) is 0 Å². The van der Waals surface area contributed by atoms with Gasteiger partial charge < -0.3 is 5.32 Å². The maximum absolute atomic E-state index is 13.4. The van der Waals surface area contributed by atoms with E-state index in [9.17, 15) is 8.42 Å². The van der Waals surface area contributed by atoms with E-state index in [0.29, 0.717) is 11.4 Å². The third kappa shape index (κ3) is 3.36. The molecule has 0 amide bonds. The second-order valence-electron chi connectivity index (χ2n) is 8.01. The van der Waals surface area contributed by atoms with Gasteiger partial charge in [-0.1, -0.05) is 42.5 Å². The van der Waals surface area contributed by atoms with E-state index < -0.39 is 10.0 Å². The van der Waals surface area contributed by atoms with Crippen molar-refractivity contribution in [3.05, 3.63) is 71.4 Å². The van der Waals surface area contributed by atoms with Crippen molar-refractivity contribution in [3.63, 3.8) is 0 Å². The van der Waals surface area contributed by atoms with Crippen LogP contribution in [0.15, 0.2) is 65.2 Å². The highest BCUT2D eigenvalue weighted by Crippen LogP contribution is 2.37. The smallest absolute Gasteiger partial charge is 0.264 e. The lowest BCUT2D eigenvalue weighted by molar-refractivity contribution is 0.392. The summed E-state index contributed by atoms with van der Waals surface area (Å²) in [5, 5.41) is 3.65. The Hall–Kier alpha value is -2.27. The number of rotatable bonds is 2. The van der Waals surface area contributed by atoms with Gasteiger partial charge in [0.2, 0.25) is 0 Å². The Kier molecular flexibility index (Phi) is 4.50. The summed E-state index contributed by atoms with van der Waals surface area (Å²) in [6.45, 7) is 4.87. The fourth-order valence-electron chi connectivity index (χ4n) is 4.11. The molecule has 4 nitrogen and oxygen atoms in total. The first-order chi connectivity index (χ1) is 12.9. The Labute approximate surface area is 162 Å². The molecule has 1 fully saturated rings. The summed E-state index contributed by atoms with van der Waals surface area (Å²) in [4.78, 5) is 0.355. The van der Waals surface area contributed by atoms with E-state index in [1.165, 1.54) is 5.56 Å². The van der Waals surface area contributed by atoms with Crippen LogP contribution in [0.5, 0.6) is 0 Å². The van der Waals surface area contributed by atoms with Gasteiger partial charge >= 0.3 is 0 Å². The average Bonchev–Trinajstić information content (AvgIpc) is 2.67. The summed E-state index contributed by atoms with van der Waals surface area (Å²) in [7, 11) is -3.56. The van der Waals surface area contributed by atoms with Crippen LogP contribution in [0.1, 0.15) is 44.2 Å². The molecule has 5 heteroatoms. The van der Waals surface area contributed by atoms with Crippen LogP contribution < -0.4 is 5.32 Å². The number of fused-ring (bicyclic) bond motifs is 1. The molecular weight excluding hydrogens is 356 g/mol. The zero-order valence-corrected chi connectivity index (χ0v) is 16.7. The van der Waals surface area contributed by atoms with E-state index in [4.69, 9.17) is 0 Å². The minimum Gasteiger partial charge on any atom is -0.378 e. The molecule has 0 unspecified atom stereocenters. The maximum Gasteiger partial charge on any atom is 0.264 e. The average molecular weight is 383 g/mol. The minimum absolute atomic E-state index is 0.115. The molecule has 2 aromatic rings. The number of benzene rings is 2. The van der Waals surface area contributed by atoms with E-state index >= 15 is 0 Å². The zero-order chi connectivity index (χ0) is 19.1. The highest BCUT2D eigenvalue weighted by atomic mass is 32.2. The summed E-state index contributed by atoms with van der Waals surface area (Å²) in [5.74, 6) is 0. The van der Waals surface area contributed by atoms with Crippen molar-refractivity contribution in [2.45, 2.75) is 50.0 Å². The molecule has 0 atom stereocenters. The molecule has 0 saturated carbocycles. The Bertz CT molecular complexity index is 978. The molecule has 0 aliphatic carbocycles. The molecule has 2 aliphatic rings. The first-order valence-corrected chi connectivity index (χ1v) is 11.0. The van der Waals surface area contributed by atoms with Crippen LogP contribution in [0, 0.1) is 0 Å². The van der Waals surface area contributed by atoms with Crippen LogP contribution in [0.4, 0.5) is 0 Å². The SMILES string of the molecule is CC1(C)Cc2ccccc2/C(=C2\CCCCN2S(=O)(=O)c2ccccc2)N1. The summed E-state index contributed by atoms with van der Waals surface area (Å²) < 4.78 is 28.4. The highest BCUT2D eigenvalue weighted by Gasteiger charge is 2.35. The molecule has 0 aromatic heterocycles. The summed E-state index contributed by atoms with van der Waals surface area (Å²) in [5.41, 5.74) is 4.15. The molecule has 4 rings (SSSR count). The van der Waals surface area contributed by atoms with Gasteiger partial charge in [-0.25, -0.2) is 8.42 Å². The van der Waals surface area contributed by atoms with Gasteiger partial charge in [-0.2, -0.15) is 0 Å². The fraction of sp³-hybridized carbons (Fsp3) is 0.364. The molecule has 1 saturated heterocycles. The normalized spacial score (nSPS) is 22.1. The number of sulfonamides is 1. The van der Waals surface area contributed by atoms with E-state index in [1.807, 2.05) is 12.1 Å². The van der Waals surface area contributed by atoms with Crippen LogP contribution >= 0.6 is 0 Å². The number of hydrogen-bond donors (Lipinski definition) is 1. The van der Waals surface area contributed by atoms with Crippen LogP contribution in [0.3, 0.4) is 0 Å². The van der Waals surface area contributed by atoms with Crippen molar-refractivity contribution in [2.24, 2.45) is 0 Å². The number of nitrogens with zero attached hydrogens (tertiary/aromatic N) is 1. The molecule has 2 heterocycles. The Balaban J connectivity index is 1.88. The molecule has 0 radical (unpaired) electrons. The van der Waals surface area contributed by atoms with E-state index in [1.54, 1.807) is 28.6 Å². The molecule has 2 aliphatic heterocycles. The van der Waals surface area contributed by atoms with Gasteiger partial charge in [-0.3, -0.25) is 4.31 Å². The van der Waals surface area contributed by atoms with Crippen molar-refractivity contribution >= 4 is 15.7 Å². The van der Waals surface area contributed by atoms with Crippen molar-refractivity contribution in [2.75, 3.05) is 6.54 Å². The molecular formula is C22H26N2O2S. The molecule has 0 spiro atoms. The number of piperidine rings is 1. The standard InChI is InChI=1S/C22H26N2O2S/c1-22(2)16-17-10-6-7-13-19(17)21(23-22)20-14-8-9-15-24(20)27(25,26)18-11-4-3-5-12-18/h3-7,10-13,23H,8-9,14-16H2,1-2H3/b21-20-.